The first-order chi connectivity index (χ1) is 7.88. The van der Waals surface area contributed by atoms with Crippen molar-refractivity contribution in [3.05, 3.63) is 29.3 Å². The average Bonchev–Trinajstić information content (AvgIpc) is 2.27. The minimum absolute atomic E-state index is 0.0122. The summed E-state index contributed by atoms with van der Waals surface area (Å²) >= 11 is 0. The van der Waals surface area contributed by atoms with Gasteiger partial charge in [-0.25, -0.2) is 0 Å². The zero-order valence-electron chi connectivity index (χ0n) is 8.88. The first-order valence-corrected chi connectivity index (χ1v) is 4.62. The second-order valence-corrected chi connectivity index (χ2v) is 3.24. The molecule has 0 saturated heterocycles. The third kappa shape index (κ3) is 3.15. The van der Waals surface area contributed by atoms with Crippen molar-refractivity contribution < 1.29 is 17.9 Å². The third-order valence-electron chi connectivity index (χ3n) is 1.96. The van der Waals surface area contributed by atoms with E-state index in [1.165, 1.54) is 19.1 Å². The van der Waals surface area contributed by atoms with Crippen LogP contribution in [0.2, 0.25) is 0 Å². The summed E-state index contributed by atoms with van der Waals surface area (Å²) in [5.74, 6) is 2.22. The fourth-order valence-electron chi connectivity index (χ4n) is 1.17. The van der Waals surface area contributed by atoms with Gasteiger partial charge in [0.05, 0.1) is 17.2 Å². The fraction of sp³-hybridized carbons (Fsp3) is 0.250. The van der Waals surface area contributed by atoms with Gasteiger partial charge in [0.15, 0.2) is 6.10 Å². The van der Waals surface area contributed by atoms with Gasteiger partial charge in [-0.05, 0) is 25.1 Å². The van der Waals surface area contributed by atoms with Crippen molar-refractivity contribution in [2.24, 2.45) is 0 Å². The number of halogens is 3. The molecular formula is C12H8F3NO. The lowest BCUT2D eigenvalue weighted by Gasteiger charge is -2.13. The summed E-state index contributed by atoms with van der Waals surface area (Å²) in [5, 5.41) is 8.58. The fourth-order valence-corrected chi connectivity index (χ4v) is 1.17. The monoisotopic (exact) mass is 239 g/mol. The van der Waals surface area contributed by atoms with Crippen molar-refractivity contribution in [3.8, 4) is 24.2 Å². The van der Waals surface area contributed by atoms with Gasteiger partial charge in [-0.1, -0.05) is 5.92 Å². The van der Waals surface area contributed by atoms with Crippen LogP contribution in [0.1, 0.15) is 18.1 Å². The highest BCUT2D eigenvalue weighted by molar-refractivity contribution is 5.44. The Morgan fingerprint density at radius 3 is 2.53 bits per heavy atom. The zero-order valence-corrected chi connectivity index (χ0v) is 8.88. The summed E-state index contributed by atoms with van der Waals surface area (Å²) in [5.41, 5.74) is -1.47. The van der Waals surface area contributed by atoms with E-state index >= 15 is 0 Å². The molecule has 0 aliphatic rings. The molecule has 0 amide bonds. The van der Waals surface area contributed by atoms with Gasteiger partial charge < -0.3 is 4.74 Å². The molecule has 1 rings (SSSR count). The van der Waals surface area contributed by atoms with Crippen LogP contribution in [-0.4, -0.2) is 6.10 Å². The molecule has 1 unspecified atom stereocenters. The van der Waals surface area contributed by atoms with Crippen molar-refractivity contribution >= 4 is 0 Å². The molecule has 1 atom stereocenters. The maximum atomic E-state index is 12.6. The Bertz CT molecular complexity index is 494. The summed E-state index contributed by atoms with van der Waals surface area (Å²) in [6.07, 6.45) is -0.178. The molecule has 0 N–H and O–H groups in total. The van der Waals surface area contributed by atoms with Crippen molar-refractivity contribution in [2.45, 2.75) is 19.2 Å². The Morgan fingerprint density at radius 2 is 2.06 bits per heavy atom. The molecule has 2 nitrogen and oxygen atoms in total. The summed E-state index contributed by atoms with van der Waals surface area (Å²) in [6, 6.07) is 4.59. The Balaban J connectivity index is 3.16. The highest BCUT2D eigenvalue weighted by Gasteiger charge is 2.34. The van der Waals surface area contributed by atoms with Crippen LogP contribution in [-0.2, 0) is 6.18 Å². The quantitative estimate of drug-likeness (QED) is 0.743. The second-order valence-electron chi connectivity index (χ2n) is 3.24. The third-order valence-corrected chi connectivity index (χ3v) is 1.96. The van der Waals surface area contributed by atoms with Crippen LogP contribution in [0.15, 0.2) is 18.2 Å². The minimum atomic E-state index is -4.59. The molecule has 1 aromatic rings. The predicted molar refractivity (Wildman–Crippen MR) is 55.1 cm³/mol. The minimum Gasteiger partial charge on any atom is -0.478 e. The summed E-state index contributed by atoms with van der Waals surface area (Å²) in [7, 11) is 0. The Labute approximate surface area is 96.6 Å². The maximum absolute atomic E-state index is 12.6. The molecule has 0 aliphatic heterocycles. The van der Waals surface area contributed by atoms with Crippen molar-refractivity contribution in [1.82, 2.24) is 0 Å². The summed E-state index contributed by atoms with van der Waals surface area (Å²) < 4.78 is 42.8. The van der Waals surface area contributed by atoms with Crippen LogP contribution < -0.4 is 4.74 Å². The van der Waals surface area contributed by atoms with Gasteiger partial charge >= 0.3 is 6.18 Å². The number of nitrogens with zero attached hydrogens (tertiary/aromatic N) is 1. The maximum Gasteiger partial charge on any atom is 0.417 e. The van der Waals surface area contributed by atoms with Crippen LogP contribution in [0, 0.1) is 23.7 Å². The number of terminal acetylenes is 1. The molecule has 17 heavy (non-hydrogen) atoms. The molecule has 0 radical (unpaired) electrons. The zero-order chi connectivity index (χ0) is 13.1. The van der Waals surface area contributed by atoms with Crippen molar-refractivity contribution in [1.29, 1.82) is 5.26 Å². The number of alkyl halides is 3. The first-order valence-electron chi connectivity index (χ1n) is 4.62. The molecule has 0 fully saturated rings. The number of hydrogen-bond acceptors (Lipinski definition) is 2. The standard InChI is InChI=1S/C12H8F3NO/c1-3-8(2)17-10-5-4-9(7-16)11(6-10)12(13,14)15/h1,4-6,8H,2H3. The first kappa shape index (κ1) is 12.9. The van der Waals surface area contributed by atoms with Gasteiger partial charge in [0.1, 0.15) is 5.75 Å². The Morgan fingerprint density at radius 1 is 1.41 bits per heavy atom. The van der Waals surface area contributed by atoms with E-state index in [9.17, 15) is 13.2 Å². The number of hydrogen-bond donors (Lipinski definition) is 0. The van der Waals surface area contributed by atoms with Crippen LogP contribution in [0.3, 0.4) is 0 Å². The lowest BCUT2D eigenvalue weighted by molar-refractivity contribution is -0.137. The van der Waals surface area contributed by atoms with Gasteiger partial charge in [-0.3, -0.25) is 0 Å². The summed E-state index contributed by atoms with van der Waals surface area (Å²) in [4.78, 5) is 0. The van der Waals surface area contributed by atoms with E-state index in [-0.39, 0.29) is 5.75 Å². The Kier molecular flexibility index (Phi) is 3.65. The van der Waals surface area contributed by atoms with Gasteiger partial charge in [0.2, 0.25) is 0 Å². The average molecular weight is 239 g/mol. The lowest BCUT2D eigenvalue weighted by atomic mass is 10.1. The van der Waals surface area contributed by atoms with Crippen LogP contribution in [0.4, 0.5) is 13.2 Å². The summed E-state index contributed by atoms with van der Waals surface area (Å²) in [6.45, 7) is 1.53. The van der Waals surface area contributed by atoms with Crippen LogP contribution in [0.25, 0.3) is 0 Å². The molecule has 0 spiro atoms. The number of benzene rings is 1. The molecular weight excluding hydrogens is 231 g/mol. The van der Waals surface area contributed by atoms with Crippen LogP contribution >= 0.6 is 0 Å². The SMILES string of the molecule is C#CC(C)Oc1ccc(C#N)c(C(F)(F)F)c1. The van der Waals surface area contributed by atoms with E-state index in [1.807, 2.05) is 0 Å². The second kappa shape index (κ2) is 4.80. The molecule has 0 saturated carbocycles. The Hall–Kier alpha value is -2.14. The topological polar surface area (TPSA) is 33.0 Å². The van der Waals surface area contributed by atoms with Gasteiger partial charge in [-0.15, -0.1) is 6.42 Å². The van der Waals surface area contributed by atoms with Crippen molar-refractivity contribution in [3.63, 3.8) is 0 Å². The highest BCUT2D eigenvalue weighted by Crippen LogP contribution is 2.34. The van der Waals surface area contributed by atoms with E-state index in [1.54, 1.807) is 0 Å². The number of rotatable bonds is 2. The highest BCUT2D eigenvalue weighted by atomic mass is 19.4. The van der Waals surface area contributed by atoms with Gasteiger partial charge in [0.25, 0.3) is 0 Å². The molecule has 1 aromatic carbocycles. The van der Waals surface area contributed by atoms with E-state index in [0.717, 1.165) is 12.1 Å². The van der Waals surface area contributed by atoms with E-state index in [4.69, 9.17) is 16.4 Å². The predicted octanol–water partition coefficient (Wildman–Crippen LogP) is 2.98. The van der Waals surface area contributed by atoms with E-state index < -0.39 is 23.4 Å². The molecule has 88 valence electrons. The molecule has 0 aliphatic carbocycles. The largest absolute Gasteiger partial charge is 0.478 e. The molecule has 0 bridgehead atoms. The number of nitriles is 1. The molecule has 0 heterocycles. The molecule has 0 aromatic heterocycles. The van der Waals surface area contributed by atoms with E-state index in [0.29, 0.717) is 0 Å². The van der Waals surface area contributed by atoms with Gasteiger partial charge in [-0.2, -0.15) is 18.4 Å². The van der Waals surface area contributed by atoms with Gasteiger partial charge in [0, 0.05) is 0 Å². The van der Waals surface area contributed by atoms with E-state index in [2.05, 4.69) is 5.92 Å². The number of ether oxygens (including phenoxy) is 1. The molecule has 5 heteroatoms. The van der Waals surface area contributed by atoms with Crippen LogP contribution in [0.5, 0.6) is 5.75 Å². The normalized spacial score (nSPS) is 12.4. The van der Waals surface area contributed by atoms with Crippen molar-refractivity contribution in [2.75, 3.05) is 0 Å². The smallest absolute Gasteiger partial charge is 0.417 e. The lowest BCUT2D eigenvalue weighted by Crippen LogP contribution is -2.11.